The van der Waals surface area contributed by atoms with Crippen molar-refractivity contribution in [1.29, 1.82) is 0 Å². The lowest BCUT2D eigenvalue weighted by molar-refractivity contribution is 0.718. The Morgan fingerprint density at radius 3 is 1.88 bits per heavy atom. The molecular formula is C29H23Br2N. The SMILES string of the molecule is Brc1ccc(N(c2ccc(Br)cc2)c2ccccc2-c2ccc3c(c2)C2CCC3C2)cc1. The molecule has 0 amide bonds. The van der Waals surface area contributed by atoms with Crippen molar-refractivity contribution in [2.24, 2.45) is 0 Å². The molecule has 2 aliphatic rings. The van der Waals surface area contributed by atoms with Crippen molar-refractivity contribution in [2.45, 2.75) is 31.1 Å². The van der Waals surface area contributed by atoms with Crippen molar-refractivity contribution in [3.8, 4) is 11.1 Å². The maximum Gasteiger partial charge on any atom is 0.0540 e. The molecule has 158 valence electrons. The Morgan fingerprint density at radius 2 is 1.22 bits per heavy atom. The minimum Gasteiger partial charge on any atom is -0.310 e. The Balaban J connectivity index is 1.51. The van der Waals surface area contributed by atoms with Gasteiger partial charge in [-0.2, -0.15) is 0 Å². The number of hydrogen-bond donors (Lipinski definition) is 0. The van der Waals surface area contributed by atoms with Crippen LogP contribution in [0.2, 0.25) is 0 Å². The predicted octanol–water partition coefficient (Wildman–Crippen LogP) is 9.71. The number of benzene rings is 4. The average Bonchev–Trinajstić information content (AvgIpc) is 3.45. The zero-order chi connectivity index (χ0) is 21.7. The van der Waals surface area contributed by atoms with Crippen LogP contribution in [0.4, 0.5) is 17.1 Å². The van der Waals surface area contributed by atoms with E-state index in [1.54, 1.807) is 11.1 Å². The van der Waals surface area contributed by atoms with Gasteiger partial charge in [-0.15, -0.1) is 0 Å². The lowest BCUT2D eigenvalue weighted by atomic mass is 9.88. The van der Waals surface area contributed by atoms with Crippen LogP contribution in [0.5, 0.6) is 0 Å². The summed E-state index contributed by atoms with van der Waals surface area (Å²) in [6.07, 6.45) is 4.07. The van der Waals surface area contributed by atoms with Crippen LogP contribution in [0.25, 0.3) is 11.1 Å². The van der Waals surface area contributed by atoms with Gasteiger partial charge in [0.15, 0.2) is 0 Å². The van der Waals surface area contributed by atoms with Gasteiger partial charge in [0, 0.05) is 25.9 Å². The Kier molecular flexibility index (Phi) is 5.20. The summed E-state index contributed by atoms with van der Waals surface area (Å²) in [7, 11) is 0. The molecule has 2 bridgehead atoms. The standard InChI is InChI=1S/C29H23Br2N/c30-22-8-12-24(13-9-22)32(25-14-10-23(31)11-15-25)29-4-2-1-3-27(29)21-7-16-26-19-5-6-20(17-19)28(26)18-21/h1-4,7-16,18-20H,5-6,17H2. The van der Waals surface area contributed by atoms with Crippen LogP contribution in [-0.2, 0) is 0 Å². The number of para-hydroxylation sites is 1. The second kappa shape index (κ2) is 8.20. The molecule has 0 saturated heterocycles. The van der Waals surface area contributed by atoms with Crippen LogP contribution in [0, 0.1) is 0 Å². The Bertz CT molecular complexity index is 1230. The third-order valence-electron chi connectivity index (χ3n) is 7.02. The van der Waals surface area contributed by atoms with Crippen molar-refractivity contribution in [1.82, 2.24) is 0 Å². The van der Waals surface area contributed by atoms with E-state index in [0.29, 0.717) is 0 Å². The van der Waals surface area contributed by atoms with Gasteiger partial charge < -0.3 is 4.90 Å². The molecule has 3 heteroatoms. The number of rotatable bonds is 4. The number of nitrogens with zero attached hydrogens (tertiary/aromatic N) is 1. The van der Waals surface area contributed by atoms with Gasteiger partial charge in [-0.05, 0) is 102 Å². The fourth-order valence-corrected chi connectivity index (χ4v) is 6.06. The summed E-state index contributed by atoms with van der Waals surface area (Å²) in [6, 6.07) is 33.1. The van der Waals surface area contributed by atoms with Crippen LogP contribution in [0.1, 0.15) is 42.2 Å². The highest BCUT2D eigenvalue weighted by Gasteiger charge is 2.36. The summed E-state index contributed by atoms with van der Waals surface area (Å²) >= 11 is 7.18. The summed E-state index contributed by atoms with van der Waals surface area (Å²) in [5.74, 6) is 1.55. The molecule has 2 unspecified atom stereocenters. The van der Waals surface area contributed by atoms with Crippen molar-refractivity contribution in [2.75, 3.05) is 4.90 Å². The second-order valence-corrected chi connectivity index (χ2v) is 10.7. The molecule has 0 N–H and O–H groups in total. The first-order valence-electron chi connectivity index (χ1n) is 11.2. The van der Waals surface area contributed by atoms with E-state index in [0.717, 1.165) is 32.2 Å². The first-order chi connectivity index (χ1) is 15.7. The summed E-state index contributed by atoms with van der Waals surface area (Å²) in [5, 5.41) is 0. The zero-order valence-electron chi connectivity index (χ0n) is 17.6. The molecule has 0 aliphatic heterocycles. The molecule has 0 aromatic heterocycles. The van der Waals surface area contributed by atoms with Gasteiger partial charge in [-0.1, -0.05) is 68.3 Å². The average molecular weight is 545 g/mol. The van der Waals surface area contributed by atoms with Crippen molar-refractivity contribution in [3.05, 3.63) is 111 Å². The molecule has 32 heavy (non-hydrogen) atoms. The topological polar surface area (TPSA) is 3.24 Å². The van der Waals surface area contributed by atoms with E-state index in [2.05, 4.69) is 128 Å². The van der Waals surface area contributed by atoms with Gasteiger partial charge in [0.05, 0.1) is 5.69 Å². The highest BCUT2D eigenvalue weighted by molar-refractivity contribution is 9.10. The highest BCUT2D eigenvalue weighted by Crippen LogP contribution is 2.54. The van der Waals surface area contributed by atoms with Crippen molar-refractivity contribution >= 4 is 48.9 Å². The van der Waals surface area contributed by atoms with Crippen LogP contribution in [0.15, 0.2) is 99.9 Å². The van der Waals surface area contributed by atoms with Crippen LogP contribution in [0.3, 0.4) is 0 Å². The molecule has 1 saturated carbocycles. The van der Waals surface area contributed by atoms with Crippen LogP contribution < -0.4 is 4.90 Å². The molecule has 1 fully saturated rings. The smallest absolute Gasteiger partial charge is 0.0540 e. The van der Waals surface area contributed by atoms with Crippen molar-refractivity contribution in [3.63, 3.8) is 0 Å². The van der Waals surface area contributed by atoms with Gasteiger partial charge in [-0.25, -0.2) is 0 Å². The van der Waals surface area contributed by atoms with E-state index in [1.807, 2.05) is 0 Å². The zero-order valence-corrected chi connectivity index (χ0v) is 20.8. The summed E-state index contributed by atoms with van der Waals surface area (Å²) in [4.78, 5) is 2.35. The summed E-state index contributed by atoms with van der Waals surface area (Å²) in [5.41, 5.74) is 9.24. The molecule has 4 aromatic carbocycles. The first kappa shape index (κ1) is 20.3. The third-order valence-corrected chi connectivity index (χ3v) is 8.08. The highest BCUT2D eigenvalue weighted by atomic mass is 79.9. The quantitative estimate of drug-likeness (QED) is 0.247. The molecule has 1 nitrogen and oxygen atoms in total. The van der Waals surface area contributed by atoms with Crippen LogP contribution >= 0.6 is 31.9 Å². The maximum atomic E-state index is 3.59. The minimum absolute atomic E-state index is 0.760. The molecule has 2 atom stereocenters. The molecule has 0 radical (unpaired) electrons. The minimum atomic E-state index is 0.760. The molecular weight excluding hydrogens is 522 g/mol. The fraction of sp³-hybridized carbons (Fsp3) is 0.172. The lowest BCUT2D eigenvalue weighted by Gasteiger charge is -2.28. The molecule has 0 spiro atoms. The predicted molar refractivity (Wildman–Crippen MR) is 141 cm³/mol. The summed E-state index contributed by atoms with van der Waals surface area (Å²) < 4.78 is 2.16. The fourth-order valence-electron chi connectivity index (χ4n) is 5.53. The van der Waals surface area contributed by atoms with E-state index in [9.17, 15) is 0 Å². The van der Waals surface area contributed by atoms with Gasteiger partial charge in [0.25, 0.3) is 0 Å². The van der Waals surface area contributed by atoms with Gasteiger partial charge >= 0.3 is 0 Å². The third kappa shape index (κ3) is 3.52. The van der Waals surface area contributed by atoms with E-state index in [1.165, 1.54) is 36.1 Å². The van der Waals surface area contributed by atoms with Gasteiger partial charge in [-0.3, -0.25) is 0 Å². The first-order valence-corrected chi connectivity index (χ1v) is 12.8. The van der Waals surface area contributed by atoms with E-state index < -0.39 is 0 Å². The van der Waals surface area contributed by atoms with Crippen LogP contribution in [-0.4, -0.2) is 0 Å². The van der Waals surface area contributed by atoms with E-state index in [-0.39, 0.29) is 0 Å². The number of anilines is 3. The molecule has 0 heterocycles. The summed E-state index contributed by atoms with van der Waals surface area (Å²) in [6.45, 7) is 0. The molecule has 4 aromatic rings. The van der Waals surface area contributed by atoms with E-state index in [4.69, 9.17) is 0 Å². The maximum absolute atomic E-state index is 3.59. The Morgan fingerprint density at radius 1 is 0.625 bits per heavy atom. The number of fused-ring (bicyclic) bond motifs is 5. The van der Waals surface area contributed by atoms with Crippen molar-refractivity contribution < 1.29 is 0 Å². The normalized spacial score (nSPS) is 18.6. The largest absolute Gasteiger partial charge is 0.310 e. The number of halogens is 2. The monoisotopic (exact) mass is 543 g/mol. The van der Waals surface area contributed by atoms with E-state index >= 15 is 0 Å². The number of hydrogen-bond acceptors (Lipinski definition) is 1. The lowest BCUT2D eigenvalue weighted by Crippen LogP contribution is -2.11. The van der Waals surface area contributed by atoms with Gasteiger partial charge in [0.2, 0.25) is 0 Å². The molecule has 6 rings (SSSR count). The van der Waals surface area contributed by atoms with Gasteiger partial charge in [0.1, 0.15) is 0 Å². The second-order valence-electron chi connectivity index (χ2n) is 8.86. The Labute approximate surface area is 206 Å². The Hall–Kier alpha value is -2.36. The molecule has 2 aliphatic carbocycles.